The summed E-state index contributed by atoms with van der Waals surface area (Å²) in [5.74, 6) is -1.19. The highest BCUT2D eigenvalue weighted by molar-refractivity contribution is 7.65. The van der Waals surface area contributed by atoms with Crippen LogP contribution >= 0.6 is 15.6 Å². The first-order valence-electron chi connectivity index (χ1n) is 4.96. The molecule has 0 aromatic heterocycles. The first-order chi connectivity index (χ1) is 8.87. The second kappa shape index (κ2) is 7.70. The minimum atomic E-state index is -4.92. The van der Waals surface area contributed by atoms with Crippen molar-refractivity contribution in [3.63, 3.8) is 0 Å². The van der Waals surface area contributed by atoms with Gasteiger partial charge in [-0.2, -0.15) is 26.3 Å². The normalized spacial score (nSPS) is 14.4. The van der Waals surface area contributed by atoms with Crippen LogP contribution in [0.2, 0.25) is 0 Å². The van der Waals surface area contributed by atoms with Crippen molar-refractivity contribution in [1.29, 1.82) is 0 Å². The van der Waals surface area contributed by atoms with Gasteiger partial charge in [0, 0.05) is 0 Å². The van der Waals surface area contributed by atoms with Crippen LogP contribution in [0.5, 0.6) is 0 Å². The van der Waals surface area contributed by atoms with E-state index in [0.717, 1.165) is 0 Å². The number of halogens is 6. The van der Waals surface area contributed by atoms with Crippen LogP contribution in [0.4, 0.5) is 26.3 Å². The first-order valence-corrected chi connectivity index (χ1v) is 8.05. The second-order valence-electron chi connectivity index (χ2n) is 3.28. The van der Waals surface area contributed by atoms with Crippen molar-refractivity contribution in [2.75, 3.05) is 25.7 Å². The summed E-state index contributed by atoms with van der Waals surface area (Å²) in [6.45, 7) is -2.92. The molecule has 0 saturated carbocycles. The minimum Gasteiger partial charge on any atom is -0.296 e. The third-order valence-corrected chi connectivity index (χ3v) is 5.31. The van der Waals surface area contributed by atoms with Gasteiger partial charge in [0.2, 0.25) is 0 Å². The Balaban J connectivity index is 4.75. The van der Waals surface area contributed by atoms with Crippen LogP contribution in [0.1, 0.15) is 6.92 Å². The fourth-order valence-corrected chi connectivity index (χ4v) is 3.95. The van der Waals surface area contributed by atoms with Crippen molar-refractivity contribution in [3.05, 3.63) is 0 Å². The SMILES string of the molecule is CCO[P+](=O)CP(=O)(OCC(F)(F)F)OCC(F)(F)F. The Bertz CT molecular complexity index is 346. The van der Waals surface area contributed by atoms with Gasteiger partial charge in [0.05, 0.1) is 6.61 Å². The number of hydrogen-bond acceptors (Lipinski definition) is 5. The van der Waals surface area contributed by atoms with Crippen LogP contribution in [0.25, 0.3) is 0 Å². The summed E-state index contributed by atoms with van der Waals surface area (Å²) >= 11 is 0. The van der Waals surface area contributed by atoms with Crippen molar-refractivity contribution < 1.29 is 49.0 Å². The minimum absolute atomic E-state index is 0.131. The van der Waals surface area contributed by atoms with E-state index < -0.39 is 47.1 Å². The zero-order valence-electron chi connectivity index (χ0n) is 10.0. The Labute approximate surface area is 111 Å². The van der Waals surface area contributed by atoms with Crippen molar-refractivity contribution >= 4 is 15.6 Å². The largest absolute Gasteiger partial charge is 0.521 e. The van der Waals surface area contributed by atoms with Gasteiger partial charge in [-0.3, -0.25) is 13.6 Å². The highest BCUT2D eigenvalue weighted by atomic mass is 31.2. The Morgan fingerprint density at radius 1 is 1.00 bits per heavy atom. The molecule has 0 bridgehead atoms. The van der Waals surface area contributed by atoms with Crippen molar-refractivity contribution in [2.24, 2.45) is 0 Å². The van der Waals surface area contributed by atoms with E-state index in [2.05, 4.69) is 13.6 Å². The summed E-state index contributed by atoms with van der Waals surface area (Å²) in [5.41, 5.74) is 0. The molecule has 13 heteroatoms. The molecule has 0 aliphatic rings. The fourth-order valence-electron chi connectivity index (χ4n) is 0.788. The molecule has 0 aromatic carbocycles. The molecule has 0 aromatic rings. The number of hydrogen-bond donors (Lipinski definition) is 0. The molecule has 20 heavy (non-hydrogen) atoms. The van der Waals surface area contributed by atoms with Crippen LogP contribution in [-0.4, -0.2) is 38.1 Å². The number of rotatable bonds is 8. The molecule has 0 N–H and O–H groups in total. The molecule has 0 saturated heterocycles. The zero-order valence-corrected chi connectivity index (χ0v) is 11.8. The van der Waals surface area contributed by atoms with Crippen LogP contribution in [0, 0.1) is 0 Å². The van der Waals surface area contributed by atoms with Gasteiger partial charge in [0.1, 0.15) is 0 Å². The summed E-state index contributed by atoms with van der Waals surface area (Å²) in [4.78, 5) is 0. The Morgan fingerprint density at radius 2 is 1.40 bits per heavy atom. The summed E-state index contributed by atoms with van der Waals surface area (Å²) in [6, 6.07) is 0. The Hall–Kier alpha value is -0.210. The maximum absolute atomic E-state index is 11.9. The quantitative estimate of drug-likeness (QED) is 0.487. The lowest BCUT2D eigenvalue weighted by atomic mass is 10.7. The van der Waals surface area contributed by atoms with E-state index in [1.165, 1.54) is 6.92 Å². The van der Waals surface area contributed by atoms with Gasteiger partial charge in [0.15, 0.2) is 13.2 Å². The maximum atomic E-state index is 11.9. The first kappa shape index (κ1) is 19.8. The van der Waals surface area contributed by atoms with Gasteiger partial charge < -0.3 is 0 Å². The van der Waals surface area contributed by atoms with Crippen molar-refractivity contribution in [2.45, 2.75) is 19.3 Å². The molecule has 0 spiro atoms. The molecule has 5 nitrogen and oxygen atoms in total. The van der Waals surface area contributed by atoms with E-state index in [9.17, 15) is 35.5 Å². The average molecular weight is 351 g/mol. The highest BCUT2D eigenvalue weighted by Gasteiger charge is 2.44. The molecule has 1 atom stereocenters. The molecule has 120 valence electrons. The zero-order chi connectivity index (χ0) is 16.0. The van der Waals surface area contributed by atoms with Gasteiger partial charge in [-0.15, -0.1) is 4.52 Å². The monoisotopic (exact) mass is 351 g/mol. The van der Waals surface area contributed by atoms with Gasteiger partial charge in [0.25, 0.3) is 5.90 Å². The summed E-state index contributed by atoms with van der Waals surface area (Å²) in [6.07, 6.45) is -9.84. The molecule has 0 rings (SSSR count). The van der Waals surface area contributed by atoms with Crippen LogP contribution < -0.4 is 0 Å². The average Bonchev–Trinajstić information content (AvgIpc) is 2.22. The van der Waals surface area contributed by atoms with E-state index >= 15 is 0 Å². The number of alkyl halides is 6. The molecule has 0 fully saturated rings. The lowest BCUT2D eigenvalue weighted by molar-refractivity contribution is -0.165. The van der Waals surface area contributed by atoms with Crippen molar-refractivity contribution in [1.82, 2.24) is 0 Å². The standard InChI is InChI=1S/C7H11F6O5P2/c1-2-16-19(14)5-20(15,17-3-6(8,9)10)18-4-7(11,12)13/h2-5H2,1H3/q+1. The predicted molar refractivity (Wildman–Crippen MR) is 55.7 cm³/mol. The van der Waals surface area contributed by atoms with Crippen molar-refractivity contribution in [3.8, 4) is 0 Å². The molecule has 0 aliphatic heterocycles. The van der Waals surface area contributed by atoms with Gasteiger partial charge in [-0.05, 0) is 11.5 Å². The molecular formula is C7H11F6O5P2+. The van der Waals surface area contributed by atoms with Gasteiger partial charge in [-0.25, -0.2) is 0 Å². The van der Waals surface area contributed by atoms with Gasteiger partial charge in [-0.1, -0.05) is 0 Å². The second-order valence-corrected chi connectivity index (χ2v) is 7.07. The van der Waals surface area contributed by atoms with E-state index in [4.69, 9.17) is 0 Å². The molecule has 0 radical (unpaired) electrons. The molecule has 1 unspecified atom stereocenters. The summed E-state index contributed by atoms with van der Waals surface area (Å²) < 4.78 is 106. The van der Waals surface area contributed by atoms with Gasteiger partial charge >= 0.3 is 28.0 Å². The third-order valence-electron chi connectivity index (χ3n) is 1.41. The summed E-state index contributed by atoms with van der Waals surface area (Å²) in [7, 11) is -7.61. The van der Waals surface area contributed by atoms with E-state index in [1.54, 1.807) is 0 Å². The third kappa shape index (κ3) is 10.6. The Kier molecular flexibility index (Phi) is 7.62. The fraction of sp³-hybridized carbons (Fsp3) is 1.00. The molecule has 0 heterocycles. The van der Waals surface area contributed by atoms with E-state index in [0.29, 0.717) is 0 Å². The molecule has 0 aliphatic carbocycles. The molecular weight excluding hydrogens is 340 g/mol. The lowest BCUT2D eigenvalue weighted by Crippen LogP contribution is -2.20. The maximum Gasteiger partial charge on any atom is 0.521 e. The van der Waals surface area contributed by atoms with Crippen LogP contribution in [-0.2, 0) is 22.7 Å². The van der Waals surface area contributed by atoms with Crippen LogP contribution in [0.3, 0.4) is 0 Å². The smallest absolute Gasteiger partial charge is 0.296 e. The summed E-state index contributed by atoms with van der Waals surface area (Å²) in [5, 5.41) is 0. The topological polar surface area (TPSA) is 61.8 Å². The predicted octanol–water partition coefficient (Wildman–Crippen LogP) is 4.07. The Morgan fingerprint density at radius 3 is 1.70 bits per heavy atom. The van der Waals surface area contributed by atoms with E-state index in [-0.39, 0.29) is 6.61 Å². The highest BCUT2D eigenvalue weighted by Crippen LogP contribution is 2.56. The van der Waals surface area contributed by atoms with Crippen LogP contribution in [0.15, 0.2) is 0 Å². The van der Waals surface area contributed by atoms with E-state index in [1.807, 2.05) is 0 Å². The molecule has 0 amide bonds. The lowest BCUT2D eigenvalue weighted by Gasteiger charge is -2.16.